The van der Waals surface area contributed by atoms with Crippen molar-refractivity contribution in [1.29, 1.82) is 0 Å². The van der Waals surface area contributed by atoms with E-state index in [1.807, 2.05) is 66.2 Å². The highest BCUT2D eigenvalue weighted by Gasteiger charge is 2.24. The summed E-state index contributed by atoms with van der Waals surface area (Å²) in [5, 5.41) is 3.05. The number of benzene rings is 2. The maximum Gasteiger partial charge on any atom is 0.255 e. The van der Waals surface area contributed by atoms with Crippen LogP contribution in [-0.2, 0) is 17.9 Å². The number of amides is 2. The molecule has 8 heteroatoms. The zero-order chi connectivity index (χ0) is 25.8. The minimum atomic E-state index is -0.246. The summed E-state index contributed by atoms with van der Waals surface area (Å²) < 4.78 is 7.93. The minimum Gasteiger partial charge on any atom is -0.487 e. The predicted octanol–water partition coefficient (Wildman–Crippen LogP) is 4.17. The van der Waals surface area contributed by atoms with Gasteiger partial charge in [-0.1, -0.05) is 30.3 Å². The van der Waals surface area contributed by atoms with E-state index in [9.17, 15) is 9.59 Å². The maximum atomic E-state index is 13.1. The number of carbonyl (C=O) groups is 2. The molecule has 0 radical (unpaired) electrons. The van der Waals surface area contributed by atoms with E-state index in [2.05, 4.69) is 15.2 Å². The van der Waals surface area contributed by atoms with Gasteiger partial charge >= 0.3 is 0 Å². The molecule has 5 rings (SSSR count). The summed E-state index contributed by atoms with van der Waals surface area (Å²) in [4.78, 5) is 31.6. The van der Waals surface area contributed by atoms with Gasteiger partial charge in [0, 0.05) is 36.7 Å². The average molecular weight is 498 g/mol. The standard InChI is InChI=1S/C29H31N5O3/c1-20-11-12-27-31-24(18-34(27)15-20)19-37-25-9-4-7-21(14-25)29(36)32-26-10-3-2-6-22(26)16-33-13-5-8-23(17-33)28(30)35/h2-4,6-7,9-12,14-15,18,23H,5,8,13,16-17,19H2,1H3,(H2,30,35)(H,32,36). The fraction of sp³-hybridized carbons (Fsp3) is 0.276. The number of nitrogens with one attached hydrogen (secondary N) is 1. The van der Waals surface area contributed by atoms with Crippen molar-refractivity contribution in [1.82, 2.24) is 14.3 Å². The monoisotopic (exact) mass is 497 g/mol. The van der Waals surface area contributed by atoms with E-state index in [1.54, 1.807) is 18.2 Å². The van der Waals surface area contributed by atoms with Gasteiger partial charge in [0.25, 0.3) is 5.91 Å². The first-order valence-electron chi connectivity index (χ1n) is 12.5. The molecule has 8 nitrogen and oxygen atoms in total. The summed E-state index contributed by atoms with van der Waals surface area (Å²) in [5.74, 6) is 0.0160. The molecule has 1 aliphatic rings. The molecule has 0 saturated carbocycles. The topological polar surface area (TPSA) is 102 Å². The number of nitrogens with two attached hydrogens (primary N) is 1. The molecule has 3 heterocycles. The van der Waals surface area contributed by atoms with Gasteiger partial charge in [-0.2, -0.15) is 0 Å². The first kappa shape index (κ1) is 24.5. The van der Waals surface area contributed by atoms with Gasteiger partial charge in [0.15, 0.2) is 0 Å². The van der Waals surface area contributed by atoms with Gasteiger partial charge in [-0.15, -0.1) is 0 Å². The van der Waals surface area contributed by atoms with Crippen molar-refractivity contribution >= 4 is 23.1 Å². The molecule has 37 heavy (non-hydrogen) atoms. The Labute approximate surface area is 216 Å². The van der Waals surface area contributed by atoms with E-state index in [0.29, 0.717) is 31.0 Å². The zero-order valence-corrected chi connectivity index (χ0v) is 20.9. The number of para-hydroxylation sites is 1. The van der Waals surface area contributed by atoms with Crippen LogP contribution in [0.3, 0.4) is 0 Å². The van der Waals surface area contributed by atoms with Gasteiger partial charge in [0.05, 0.1) is 11.6 Å². The molecule has 190 valence electrons. The van der Waals surface area contributed by atoms with Gasteiger partial charge in [-0.05, 0) is 67.8 Å². The average Bonchev–Trinajstić information content (AvgIpc) is 3.31. The van der Waals surface area contributed by atoms with Crippen molar-refractivity contribution in [3.8, 4) is 5.75 Å². The number of imidazole rings is 1. The Bertz CT molecular complexity index is 1430. The number of ether oxygens (including phenoxy) is 1. The number of likely N-dealkylation sites (tertiary alicyclic amines) is 1. The molecular formula is C29H31N5O3. The van der Waals surface area contributed by atoms with Crippen LogP contribution in [0, 0.1) is 12.8 Å². The molecule has 1 aliphatic heterocycles. The molecule has 2 aromatic heterocycles. The molecular weight excluding hydrogens is 466 g/mol. The number of anilines is 1. The highest BCUT2D eigenvalue weighted by molar-refractivity contribution is 6.04. The van der Waals surface area contributed by atoms with Crippen LogP contribution in [0.1, 0.15) is 40.0 Å². The van der Waals surface area contributed by atoms with E-state index in [0.717, 1.165) is 47.5 Å². The zero-order valence-electron chi connectivity index (χ0n) is 20.9. The first-order valence-corrected chi connectivity index (χ1v) is 12.5. The number of pyridine rings is 1. The summed E-state index contributed by atoms with van der Waals surface area (Å²) in [6.07, 6.45) is 5.74. The van der Waals surface area contributed by atoms with Crippen LogP contribution >= 0.6 is 0 Å². The third kappa shape index (κ3) is 5.98. The van der Waals surface area contributed by atoms with E-state index < -0.39 is 0 Å². The fourth-order valence-electron chi connectivity index (χ4n) is 4.76. The molecule has 4 aromatic rings. The van der Waals surface area contributed by atoms with E-state index in [-0.39, 0.29) is 17.7 Å². The number of primary amides is 1. The minimum absolute atomic E-state index is 0.122. The number of piperidine rings is 1. The van der Waals surface area contributed by atoms with Crippen LogP contribution in [0.2, 0.25) is 0 Å². The second-order valence-electron chi connectivity index (χ2n) is 9.61. The lowest BCUT2D eigenvalue weighted by atomic mass is 9.97. The van der Waals surface area contributed by atoms with Crippen LogP contribution in [-0.4, -0.2) is 39.2 Å². The molecule has 1 saturated heterocycles. The Morgan fingerprint density at radius 1 is 1.11 bits per heavy atom. The normalized spacial score (nSPS) is 16.0. The van der Waals surface area contributed by atoms with Crippen molar-refractivity contribution < 1.29 is 14.3 Å². The van der Waals surface area contributed by atoms with Crippen molar-refractivity contribution in [3.63, 3.8) is 0 Å². The predicted molar refractivity (Wildman–Crippen MR) is 142 cm³/mol. The number of aryl methyl sites for hydroxylation is 1. The molecule has 2 amide bonds. The van der Waals surface area contributed by atoms with E-state index in [4.69, 9.17) is 10.5 Å². The number of rotatable bonds is 8. The molecule has 0 bridgehead atoms. The highest BCUT2D eigenvalue weighted by Crippen LogP contribution is 2.23. The lowest BCUT2D eigenvalue weighted by Crippen LogP contribution is -2.40. The number of fused-ring (bicyclic) bond motifs is 1. The van der Waals surface area contributed by atoms with Crippen LogP contribution in [0.4, 0.5) is 5.69 Å². The molecule has 0 spiro atoms. The number of hydrogen-bond donors (Lipinski definition) is 2. The number of aromatic nitrogens is 2. The number of carbonyl (C=O) groups excluding carboxylic acids is 2. The second kappa shape index (κ2) is 10.8. The maximum absolute atomic E-state index is 13.1. The fourth-order valence-corrected chi connectivity index (χ4v) is 4.76. The lowest BCUT2D eigenvalue weighted by Gasteiger charge is -2.31. The van der Waals surface area contributed by atoms with Crippen LogP contribution < -0.4 is 15.8 Å². The van der Waals surface area contributed by atoms with Crippen molar-refractivity contribution in [2.45, 2.75) is 32.9 Å². The Balaban J connectivity index is 1.23. The van der Waals surface area contributed by atoms with E-state index >= 15 is 0 Å². The van der Waals surface area contributed by atoms with Crippen LogP contribution in [0.5, 0.6) is 5.75 Å². The van der Waals surface area contributed by atoms with Gasteiger partial charge in [0.1, 0.15) is 18.0 Å². The molecule has 1 unspecified atom stereocenters. The molecule has 2 aromatic carbocycles. The van der Waals surface area contributed by atoms with Crippen LogP contribution in [0.15, 0.2) is 73.1 Å². The second-order valence-corrected chi connectivity index (χ2v) is 9.61. The quantitative estimate of drug-likeness (QED) is 0.380. The summed E-state index contributed by atoms with van der Waals surface area (Å²) in [7, 11) is 0. The summed E-state index contributed by atoms with van der Waals surface area (Å²) in [5.41, 5.74) is 10.6. The summed E-state index contributed by atoms with van der Waals surface area (Å²) in [6.45, 7) is 4.52. The SMILES string of the molecule is Cc1ccc2nc(COc3cccc(C(=O)Nc4ccccc4CN4CCCC(C(N)=O)C4)c3)cn2c1. The number of hydrogen-bond acceptors (Lipinski definition) is 5. The highest BCUT2D eigenvalue weighted by atomic mass is 16.5. The largest absolute Gasteiger partial charge is 0.487 e. The third-order valence-corrected chi connectivity index (χ3v) is 6.70. The van der Waals surface area contributed by atoms with Crippen molar-refractivity contribution in [2.75, 3.05) is 18.4 Å². The third-order valence-electron chi connectivity index (χ3n) is 6.70. The van der Waals surface area contributed by atoms with Crippen molar-refractivity contribution in [2.24, 2.45) is 11.7 Å². The Kier molecular flexibility index (Phi) is 7.18. The van der Waals surface area contributed by atoms with Gasteiger partial charge in [-0.25, -0.2) is 4.98 Å². The molecule has 3 N–H and O–H groups in total. The summed E-state index contributed by atoms with van der Waals surface area (Å²) >= 11 is 0. The van der Waals surface area contributed by atoms with E-state index in [1.165, 1.54) is 0 Å². The first-order chi connectivity index (χ1) is 17.9. The smallest absolute Gasteiger partial charge is 0.255 e. The Hall–Kier alpha value is -4.17. The van der Waals surface area contributed by atoms with Gasteiger partial charge in [-0.3, -0.25) is 14.5 Å². The Morgan fingerprint density at radius 3 is 2.84 bits per heavy atom. The molecule has 0 aliphatic carbocycles. The van der Waals surface area contributed by atoms with Gasteiger partial charge < -0.3 is 20.2 Å². The van der Waals surface area contributed by atoms with Crippen LogP contribution in [0.25, 0.3) is 5.65 Å². The lowest BCUT2D eigenvalue weighted by molar-refractivity contribution is -0.123. The summed E-state index contributed by atoms with van der Waals surface area (Å²) in [6, 6.07) is 18.9. The Morgan fingerprint density at radius 2 is 1.97 bits per heavy atom. The molecule has 1 fully saturated rings. The number of nitrogens with zero attached hydrogens (tertiary/aromatic N) is 3. The molecule has 1 atom stereocenters. The van der Waals surface area contributed by atoms with Gasteiger partial charge in [0.2, 0.25) is 5.91 Å². The van der Waals surface area contributed by atoms with Crippen molar-refractivity contribution in [3.05, 3.63) is 95.4 Å².